The number of rotatable bonds is 4. The van der Waals surface area contributed by atoms with Crippen molar-refractivity contribution in [3.05, 3.63) is 35.0 Å². The van der Waals surface area contributed by atoms with E-state index in [-0.39, 0.29) is 5.75 Å². The molecule has 0 aliphatic carbocycles. The second-order valence-electron chi connectivity index (χ2n) is 6.73. The summed E-state index contributed by atoms with van der Waals surface area (Å²) >= 11 is 5.23. The monoisotopic (exact) mass is 364 g/mol. The fraction of sp³-hybridized carbons (Fsp3) is 0.444. The Balaban J connectivity index is 2.46. The van der Waals surface area contributed by atoms with Crippen molar-refractivity contribution < 1.29 is 19.4 Å². The Morgan fingerprint density at radius 3 is 2.64 bits per heavy atom. The minimum absolute atomic E-state index is 0.0432. The predicted octanol–water partition coefficient (Wildman–Crippen LogP) is 2.93. The van der Waals surface area contributed by atoms with E-state index >= 15 is 0 Å². The largest absolute Gasteiger partial charge is 0.504 e. The van der Waals surface area contributed by atoms with Gasteiger partial charge in [-0.05, 0) is 64.5 Å². The first-order valence-corrected chi connectivity index (χ1v) is 8.50. The van der Waals surface area contributed by atoms with E-state index in [0.29, 0.717) is 28.7 Å². The van der Waals surface area contributed by atoms with Gasteiger partial charge in [0, 0.05) is 5.70 Å². The molecule has 0 bridgehead atoms. The molecule has 6 nitrogen and oxygen atoms in total. The van der Waals surface area contributed by atoms with Crippen LogP contribution in [0.25, 0.3) is 0 Å². The second kappa shape index (κ2) is 7.31. The van der Waals surface area contributed by atoms with Crippen LogP contribution in [0.15, 0.2) is 29.5 Å². The van der Waals surface area contributed by atoms with Crippen LogP contribution in [0.5, 0.6) is 11.5 Å². The fourth-order valence-electron chi connectivity index (χ4n) is 2.53. The molecule has 0 saturated heterocycles. The number of esters is 1. The first kappa shape index (κ1) is 19.1. The molecule has 1 atom stereocenters. The molecule has 3 N–H and O–H groups in total. The molecule has 0 saturated carbocycles. The molecule has 136 valence electrons. The van der Waals surface area contributed by atoms with Crippen molar-refractivity contribution in [2.75, 3.05) is 6.61 Å². The van der Waals surface area contributed by atoms with Gasteiger partial charge in [-0.15, -0.1) is 0 Å². The molecule has 1 aliphatic rings. The standard InChI is InChI=1S/C18H24N2O4S/c1-6-23-13-9-11(7-8-12(13)21)15-14(10(2)19-17(25)20-15)16(22)24-18(3,4)5/h7-9,15,21H,6H2,1-5H3,(H2,19,20,25). The SMILES string of the molecule is CCOc1cc(C2NC(=S)NC(C)=C2C(=O)OC(C)(C)C)ccc1O. The molecule has 0 spiro atoms. The van der Waals surface area contributed by atoms with Crippen molar-refractivity contribution in [3.8, 4) is 11.5 Å². The minimum atomic E-state index is -0.613. The molecule has 1 aromatic rings. The molecular formula is C18H24N2O4S. The third kappa shape index (κ3) is 4.63. The lowest BCUT2D eigenvalue weighted by Crippen LogP contribution is -2.45. The Bertz CT molecular complexity index is 722. The summed E-state index contributed by atoms with van der Waals surface area (Å²) in [7, 11) is 0. The summed E-state index contributed by atoms with van der Waals surface area (Å²) < 4.78 is 11.0. The molecule has 25 heavy (non-hydrogen) atoms. The zero-order valence-electron chi connectivity index (χ0n) is 15.1. The third-order valence-corrected chi connectivity index (χ3v) is 3.72. The molecule has 2 rings (SSSR count). The van der Waals surface area contributed by atoms with E-state index < -0.39 is 17.6 Å². The highest BCUT2D eigenvalue weighted by molar-refractivity contribution is 7.80. The number of allylic oxidation sites excluding steroid dienone is 1. The van der Waals surface area contributed by atoms with E-state index in [1.807, 2.05) is 27.7 Å². The summed E-state index contributed by atoms with van der Waals surface area (Å²) in [6.45, 7) is 9.49. The highest BCUT2D eigenvalue weighted by Gasteiger charge is 2.33. The highest BCUT2D eigenvalue weighted by Crippen LogP contribution is 2.34. The van der Waals surface area contributed by atoms with Crippen LogP contribution in [0, 0.1) is 0 Å². The number of aromatic hydroxyl groups is 1. The van der Waals surface area contributed by atoms with E-state index in [1.54, 1.807) is 19.1 Å². The third-order valence-electron chi connectivity index (χ3n) is 3.50. The number of hydrogen-bond acceptors (Lipinski definition) is 5. The van der Waals surface area contributed by atoms with Crippen LogP contribution < -0.4 is 15.4 Å². The van der Waals surface area contributed by atoms with E-state index in [1.165, 1.54) is 6.07 Å². The van der Waals surface area contributed by atoms with Gasteiger partial charge < -0.3 is 25.2 Å². The molecule has 7 heteroatoms. The molecule has 0 amide bonds. The molecule has 1 aromatic carbocycles. The van der Waals surface area contributed by atoms with Gasteiger partial charge in [0.2, 0.25) is 0 Å². The number of benzene rings is 1. The molecular weight excluding hydrogens is 340 g/mol. The molecule has 1 aliphatic heterocycles. The number of carbonyl (C=O) groups is 1. The van der Waals surface area contributed by atoms with Gasteiger partial charge in [-0.1, -0.05) is 6.07 Å². The quantitative estimate of drug-likeness (QED) is 0.560. The smallest absolute Gasteiger partial charge is 0.338 e. The van der Waals surface area contributed by atoms with Crippen LogP contribution in [0.1, 0.15) is 46.2 Å². The van der Waals surface area contributed by atoms with Gasteiger partial charge in [0.1, 0.15) is 5.60 Å². The first-order chi connectivity index (χ1) is 11.6. The van der Waals surface area contributed by atoms with Gasteiger partial charge in [0.05, 0.1) is 18.2 Å². The van der Waals surface area contributed by atoms with E-state index in [9.17, 15) is 9.90 Å². The summed E-state index contributed by atoms with van der Waals surface area (Å²) in [5.41, 5.74) is 1.20. The van der Waals surface area contributed by atoms with Crippen LogP contribution >= 0.6 is 12.2 Å². The van der Waals surface area contributed by atoms with Crippen molar-refractivity contribution >= 4 is 23.3 Å². The van der Waals surface area contributed by atoms with E-state index in [0.717, 1.165) is 5.56 Å². The number of nitrogens with one attached hydrogen (secondary N) is 2. The number of phenolic OH excluding ortho intramolecular Hbond substituents is 1. The predicted molar refractivity (Wildman–Crippen MR) is 99.4 cm³/mol. The summed E-state index contributed by atoms with van der Waals surface area (Å²) in [4.78, 5) is 12.7. The zero-order chi connectivity index (χ0) is 18.8. The highest BCUT2D eigenvalue weighted by atomic mass is 32.1. The summed E-state index contributed by atoms with van der Waals surface area (Å²) in [5.74, 6) is -0.0300. The lowest BCUT2D eigenvalue weighted by Gasteiger charge is -2.31. The Kier molecular flexibility index (Phi) is 5.57. The first-order valence-electron chi connectivity index (χ1n) is 8.09. The van der Waals surface area contributed by atoms with Crippen molar-refractivity contribution in [3.63, 3.8) is 0 Å². The average molecular weight is 364 g/mol. The maximum atomic E-state index is 12.7. The summed E-state index contributed by atoms with van der Waals surface area (Å²) in [6, 6.07) is 4.46. The van der Waals surface area contributed by atoms with Crippen molar-refractivity contribution in [1.82, 2.24) is 10.6 Å². The molecule has 1 unspecified atom stereocenters. The van der Waals surface area contributed by atoms with Gasteiger partial charge >= 0.3 is 5.97 Å². The lowest BCUT2D eigenvalue weighted by molar-refractivity contribution is -0.150. The fourth-order valence-corrected chi connectivity index (χ4v) is 2.80. The minimum Gasteiger partial charge on any atom is -0.504 e. The average Bonchev–Trinajstić information content (AvgIpc) is 2.47. The topological polar surface area (TPSA) is 79.8 Å². The Labute approximate surface area is 153 Å². The molecule has 0 radical (unpaired) electrons. The van der Waals surface area contributed by atoms with Crippen molar-refractivity contribution in [2.24, 2.45) is 0 Å². The Hall–Kier alpha value is -2.28. The number of phenols is 1. The van der Waals surface area contributed by atoms with Crippen LogP contribution in [0.3, 0.4) is 0 Å². The van der Waals surface area contributed by atoms with E-state index in [2.05, 4.69) is 10.6 Å². The Morgan fingerprint density at radius 1 is 1.36 bits per heavy atom. The van der Waals surface area contributed by atoms with Crippen LogP contribution in [-0.4, -0.2) is 28.4 Å². The van der Waals surface area contributed by atoms with Gasteiger partial charge in [0.15, 0.2) is 16.6 Å². The maximum absolute atomic E-state index is 12.7. The number of hydrogen-bond donors (Lipinski definition) is 3. The van der Waals surface area contributed by atoms with Crippen molar-refractivity contribution in [1.29, 1.82) is 0 Å². The lowest BCUT2D eigenvalue weighted by atomic mass is 9.95. The second-order valence-corrected chi connectivity index (χ2v) is 7.14. The molecule has 0 aromatic heterocycles. The van der Waals surface area contributed by atoms with Crippen LogP contribution in [0.2, 0.25) is 0 Å². The maximum Gasteiger partial charge on any atom is 0.338 e. The van der Waals surface area contributed by atoms with E-state index in [4.69, 9.17) is 21.7 Å². The normalized spacial score (nSPS) is 17.6. The molecule has 0 fully saturated rings. The summed E-state index contributed by atoms with van der Waals surface area (Å²) in [6.07, 6.45) is 0. The number of thiocarbonyl (C=S) groups is 1. The summed E-state index contributed by atoms with van der Waals surface area (Å²) in [5, 5.41) is 16.4. The van der Waals surface area contributed by atoms with Crippen LogP contribution in [0.4, 0.5) is 0 Å². The number of ether oxygens (including phenoxy) is 2. The number of carbonyl (C=O) groups excluding carboxylic acids is 1. The zero-order valence-corrected chi connectivity index (χ0v) is 15.9. The molecule has 1 heterocycles. The van der Waals surface area contributed by atoms with Crippen molar-refractivity contribution in [2.45, 2.75) is 46.3 Å². The van der Waals surface area contributed by atoms with Crippen LogP contribution in [-0.2, 0) is 9.53 Å². The van der Waals surface area contributed by atoms with Gasteiger partial charge in [-0.25, -0.2) is 4.79 Å². The van der Waals surface area contributed by atoms with Gasteiger partial charge in [-0.2, -0.15) is 0 Å². The Morgan fingerprint density at radius 2 is 2.04 bits per heavy atom. The van der Waals surface area contributed by atoms with Gasteiger partial charge in [-0.3, -0.25) is 0 Å². The van der Waals surface area contributed by atoms with Gasteiger partial charge in [0.25, 0.3) is 0 Å².